The van der Waals surface area contributed by atoms with Crippen LogP contribution in [0.25, 0.3) is 11.1 Å². The van der Waals surface area contributed by atoms with Gasteiger partial charge in [0.25, 0.3) is 0 Å². The van der Waals surface area contributed by atoms with Gasteiger partial charge < -0.3 is 4.90 Å². The number of hydrogen-bond acceptors (Lipinski definition) is 1. The van der Waals surface area contributed by atoms with E-state index in [-0.39, 0.29) is 0 Å². The summed E-state index contributed by atoms with van der Waals surface area (Å²) in [4.78, 5) is 2.12. The van der Waals surface area contributed by atoms with E-state index >= 15 is 0 Å². The van der Waals surface area contributed by atoms with E-state index in [0.717, 1.165) is 0 Å². The average molecular weight is 211 g/mol. The van der Waals surface area contributed by atoms with E-state index in [1.165, 1.54) is 22.4 Å². The lowest BCUT2D eigenvalue weighted by Gasteiger charge is -2.13. The van der Waals surface area contributed by atoms with Gasteiger partial charge in [0.15, 0.2) is 0 Å². The Bertz CT molecular complexity index is 469. The molecule has 16 heavy (non-hydrogen) atoms. The molecule has 0 unspecified atom stereocenters. The quantitative estimate of drug-likeness (QED) is 0.731. The molecule has 0 bridgehead atoms. The summed E-state index contributed by atoms with van der Waals surface area (Å²) in [5.41, 5.74) is 5.08. The van der Waals surface area contributed by atoms with Gasteiger partial charge in [-0.2, -0.15) is 0 Å². The molecule has 0 aliphatic carbocycles. The summed E-state index contributed by atoms with van der Waals surface area (Å²) < 4.78 is 0. The highest BCUT2D eigenvalue weighted by Gasteiger charge is 1.99. The van der Waals surface area contributed by atoms with Gasteiger partial charge in [-0.05, 0) is 30.2 Å². The molecular formula is C15H17N. The molecule has 2 aromatic rings. The van der Waals surface area contributed by atoms with Gasteiger partial charge >= 0.3 is 0 Å². The van der Waals surface area contributed by atoms with Crippen molar-refractivity contribution in [2.45, 2.75) is 6.92 Å². The predicted octanol–water partition coefficient (Wildman–Crippen LogP) is 3.73. The van der Waals surface area contributed by atoms with Gasteiger partial charge in [-0.15, -0.1) is 0 Å². The Morgan fingerprint density at radius 3 is 2.12 bits per heavy atom. The van der Waals surface area contributed by atoms with E-state index in [0.29, 0.717) is 0 Å². The van der Waals surface area contributed by atoms with Crippen molar-refractivity contribution in [3.8, 4) is 11.1 Å². The maximum atomic E-state index is 2.21. The summed E-state index contributed by atoms with van der Waals surface area (Å²) in [5.74, 6) is 0. The normalized spacial score (nSPS) is 10.2. The highest BCUT2D eigenvalue weighted by molar-refractivity contribution is 5.68. The lowest BCUT2D eigenvalue weighted by molar-refractivity contribution is 1.13. The van der Waals surface area contributed by atoms with Gasteiger partial charge in [-0.1, -0.05) is 42.0 Å². The molecule has 0 saturated heterocycles. The lowest BCUT2D eigenvalue weighted by atomic mass is 10.0. The maximum Gasteiger partial charge on any atom is 0.0367 e. The first-order valence-electron chi connectivity index (χ1n) is 5.51. The van der Waals surface area contributed by atoms with Crippen molar-refractivity contribution in [2.75, 3.05) is 19.0 Å². The molecule has 0 N–H and O–H groups in total. The van der Waals surface area contributed by atoms with Crippen LogP contribution in [0.2, 0.25) is 0 Å². The highest BCUT2D eigenvalue weighted by Crippen LogP contribution is 2.23. The minimum Gasteiger partial charge on any atom is -0.378 e. The number of nitrogens with zero attached hydrogens (tertiary/aromatic N) is 1. The fourth-order valence-electron chi connectivity index (χ4n) is 1.71. The van der Waals surface area contributed by atoms with Crippen molar-refractivity contribution < 1.29 is 0 Å². The van der Waals surface area contributed by atoms with Gasteiger partial charge in [0.2, 0.25) is 0 Å². The number of benzene rings is 2. The van der Waals surface area contributed by atoms with Crippen molar-refractivity contribution >= 4 is 5.69 Å². The second kappa shape index (κ2) is 4.40. The van der Waals surface area contributed by atoms with Gasteiger partial charge in [0.1, 0.15) is 0 Å². The summed E-state index contributed by atoms with van der Waals surface area (Å²) in [7, 11) is 4.13. The number of aryl methyl sites for hydroxylation is 1. The zero-order valence-electron chi connectivity index (χ0n) is 10.1. The number of anilines is 1. The van der Waals surface area contributed by atoms with Crippen LogP contribution in [0.1, 0.15) is 5.56 Å². The summed E-state index contributed by atoms with van der Waals surface area (Å²) in [5, 5.41) is 0. The standard InChI is InChI=1S/C15H17N/c1-12-7-9-13(10-8-12)14-5-4-6-15(11-14)16(2)3/h4-11H,1-3H3. The van der Waals surface area contributed by atoms with Crippen LogP contribution >= 0.6 is 0 Å². The van der Waals surface area contributed by atoms with Gasteiger partial charge in [-0.3, -0.25) is 0 Å². The maximum absolute atomic E-state index is 2.21. The van der Waals surface area contributed by atoms with Crippen LogP contribution in [0.5, 0.6) is 0 Å². The molecule has 0 aromatic heterocycles. The largest absolute Gasteiger partial charge is 0.378 e. The minimum absolute atomic E-state index is 1.23. The zero-order valence-corrected chi connectivity index (χ0v) is 10.1. The monoisotopic (exact) mass is 211 g/mol. The topological polar surface area (TPSA) is 3.24 Å². The van der Waals surface area contributed by atoms with E-state index in [1.54, 1.807) is 0 Å². The Kier molecular flexibility index (Phi) is 2.95. The molecule has 2 aromatic carbocycles. The smallest absolute Gasteiger partial charge is 0.0367 e. The summed E-state index contributed by atoms with van der Waals surface area (Å²) in [6, 6.07) is 17.2. The summed E-state index contributed by atoms with van der Waals surface area (Å²) >= 11 is 0. The molecule has 0 radical (unpaired) electrons. The molecule has 0 amide bonds. The molecular weight excluding hydrogens is 194 g/mol. The molecule has 0 aliphatic rings. The molecule has 2 rings (SSSR count). The fraction of sp³-hybridized carbons (Fsp3) is 0.200. The number of rotatable bonds is 2. The second-order valence-corrected chi connectivity index (χ2v) is 4.31. The first kappa shape index (κ1) is 10.7. The van der Waals surface area contributed by atoms with Gasteiger partial charge in [-0.25, -0.2) is 0 Å². The Labute approximate surface area is 97.3 Å². The fourth-order valence-corrected chi connectivity index (χ4v) is 1.71. The van der Waals surface area contributed by atoms with Crippen molar-refractivity contribution in [1.82, 2.24) is 0 Å². The molecule has 1 nitrogen and oxygen atoms in total. The van der Waals surface area contributed by atoms with Crippen LogP contribution in [0.3, 0.4) is 0 Å². The van der Waals surface area contributed by atoms with Crippen LogP contribution in [0.15, 0.2) is 48.5 Å². The van der Waals surface area contributed by atoms with E-state index < -0.39 is 0 Å². The Morgan fingerprint density at radius 2 is 1.50 bits per heavy atom. The van der Waals surface area contributed by atoms with E-state index in [9.17, 15) is 0 Å². The Morgan fingerprint density at radius 1 is 0.812 bits per heavy atom. The van der Waals surface area contributed by atoms with Gasteiger partial charge in [0, 0.05) is 19.8 Å². The molecule has 0 atom stereocenters. The van der Waals surface area contributed by atoms with Crippen LogP contribution in [0, 0.1) is 6.92 Å². The molecule has 0 saturated carbocycles. The highest BCUT2D eigenvalue weighted by atomic mass is 15.1. The minimum atomic E-state index is 1.23. The lowest BCUT2D eigenvalue weighted by Crippen LogP contribution is -2.08. The first-order valence-corrected chi connectivity index (χ1v) is 5.51. The zero-order chi connectivity index (χ0) is 11.5. The van der Waals surface area contributed by atoms with Crippen molar-refractivity contribution in [3.63, 3.8) is 0 Å². The predicted molar refractivity (Wildman–Crippen MR) is 70.9 cm³/mol. The third kappa shape index (κ3) is 2.25. The van der Waals surface area contributed by atoms with Crippen LogP contribution < -0.4 is 4.90 Å². The second-order valence-electron chi connectivity index (χ2n) is 4.31. The molecule has 0 fully saturated rings. The first-order chi connectivity index (χ1) is 7.66. The molecule has 0 aliphatic heterocycles. The van der Waals surface area contributed by atoms with Crippen LogP contribution in [-0.4, -0.2) is 14.1 Å². The van der Waals surface area contributed by atoms with Gasteiger partial charge in [0.05, 0.1) is 0 Å². The molecule has 1 heteroatoms. The average Bonchev–Trinajstić information content (AvgIpc) is 2.30. The Balaban J connectivity index is 2.40. The number of hydrogen-bond donors (Lipinski definition) is 0. The van der Waals surface area contributed by atoms with Crippen molar-refractivity contribution in [1.29, 1.82) is 0 Å². The van der Waals surface area contributed by atoms with Crippen LogP contribution in [0.4, 0.5) is 5.69 Å². The third-order valence-corrected chi connectivity index (χ3v) is 2.75. The molecule has 0 spiro atoms. The third-order valence-electron chi connectivity index (χ3n) is 2.75. The Hall–Kier alpha value is -1.76. The summed E-state index contributed by atoms with van der Waals surface area (Å²) in [6.45, 7) is 2.11. The molecule has 0 heterocycles. The SMILES string of the molecule is Cc1ccc(-c2cccc(N(C)C)c2)cc1. The van der Waals surface area contributed by atoms with E-state index in [1.807, 2.05) is 0 Å². The van der Waals surface area contributed by atoms with Crippen molar-refractivity contribution in [3.05, 3.63) is 54.1 Å². The van der Waals surface area contributed by atoms with Crippen LogP contribution in [-0.2, 0) is 0 Å². The van der Waals surface area contributed by atoms with E-state index in [4.69, 9.17) is 0 Å². The van der Waals surface area contributed by atoms with Crippen molar-refractivity contribution in [2.24, 2.45) is 0 Å². The van der Waals surface area contributed by atoms with E-state index in [2.05, 4.69) is 74.4 Å². The summed E-state index contributed by atoms with van der Waals surface area (Å²) in [6.07, 6.45) is 0. The molecule has 82 valence electrons.